The molecule has 2 aliphatic carbocycles. The third kappa shape index (κ3) is 2.39. The molecular formula is C15H17N5O3S. The number of fused-ring (bicyclic) bond motifs is 5. The molecular weight excluding hydrogens is 330 g/mol. The summed E-state index contributed by atoms with van der Waals surface area (Å²) in [6.07, 6.45) is 5.05. The fourth-order valence-electron chi connectivity index (χ4n) is 3.95. The number of aryl methyl sites for hydroxylation is 1. The monoisotopic (exact) mass is 347 g/mol. The lowest BCUT2D eigenvalue weighted by molar-refractivity contribution is -0.140. The van der Waals surface area contributed by atoms with Crippen molar-refractivity contribution in [2.75, 3.05) is 18.4 Å². The first-order chi connectivity index (χ1) is 11.5. The molecule has 4 rings (SSSR count). The molecule has 1 aliphatic heterocycles. The number of allylic oxidation sites excluding steroid dienone is 2. The molecule has 1 saturated carbocycles. The second-order valence-corrected chi connectivity index (χ2v) is 7.52. The van der Waals surface area contributed by atoms with Gasteiger partial charge in [-0.1, -0.05) is 23.5 Å². The van der Waals surface area contributed by atoms with Gasteiger partial charge >= 0.3 is 6.03 Å². The number of imide groups is 1. The molecule has 8 nitrogen and oxygen atoms in total. The number of rotatable bonds is 4. The molecule has 0 radical (unpaired) electrons. The summed E-state index contributed by atoms with van der Waals surface area (Å²) in [6.45, 7) is 2.21. The van der Waals surface area contributed by atoms with Gasteiger partial charge in [-0.2, -0.15) is 0 Å². The van der Waals surface area contributed by atoms with Crippen LogP contribution in [0.25, 0.3) is 0 Å². The Labute approximate surface area is 142 Å². The van der Waals surface area contributed by atoms with Crippen molar-refractivity contribution in [3.8, 4) is 0 Å². The maximum atomic E-state index is 12.5. The van der Waals surface area contributed by atoms with Gasteiger partial charge in [-0.3, -0.25) is 19.8 Å². The van der Waals surface area contributed by atoms with Gasteiger partial charge in [0.15, 0.2) is 0 Å². The highest BCUT2D eigenvalue weighted by Crippen LogP contribution is 2.52. The third-order valence-electron chi connectivity index (χ3n) is 4.93. The molecule has 24 heavy (non-hydrogen) atoms. The Bertz CT molecular complexity index is 715. The minimum atomic E-state index is -0.424. The number of aromatic nitrogens is 2. The summed E-state index contributed by atoms with van der Waals surface area (Å²) < 4.78 is 0. The van der Waals surface area contributed by atoms with Gasteiger partial charge in [0.25, 0.3) is 0 Å². The lowest BCUT2D eigenvalue weighted by Crippen LogP contribution is -2.40. The Balaban J connectivity index is 1.30. The standard InChI is InChI=1S/C15H17N5O3S/c1-7-18-19-15(24-7)17-14(23)16-4-5-20-12(21)10-8-2-3-9(6-8)11(10)13(20)22/h2-3,8-11H,4-6H2,1H3,(H2,16,17,19,23). The van der Waals surface area contributed by atoms with Crippen LogP contribution in [0.3, 0.4) is 0 Å². The maximum Gasteiger partial charge on any atom is 0.321 e. The van der Waals surface area contributed by atoms with E-state index in [1.165, 1.54) is 16.2 Å². The van der Waals surface area contributed by atoms with E-state index in [4.69, 9.17) is 0 Å². The predicted octanol–water partition coefficient (Wildman–Crippen LogP) is 0.775. The zero-order valence-corrected chi connectivity index (χ0v) is 13.9. The number of carbonyl (C=O) groups excluding carboxylic acids is 3. The van der Waals surface area contributed by atoms with E-state index in [0.29, 0.717) is 5.13 Å². The van der Waals surface area contributed by atoms with E-state index in [1.54, 1.807) is 6.92 Å². The van der Waals surface area contributed by atoms with Gasteiger partial charge in [0, 0.05) is 13.1 Å². The zero-order valence-electron chi connectivity index (χ0n) is 13.1. The molecule has 1 aromatic rings. The van der Waals surface area contributed by atoms with Gasteiger partial charge < -0.3 is 5.32 Å². The molecule has 4 unspecified atom stereocenters. The molecule has 2 bridgehead atoms. The van der Waals surface area contributed by atoms with E-state index in [9.17, 15) is 14.4 Å². The summed E-state index contributed by atoms with van der Waals surface area (Å²) in [5.74, 6) is -0.152. The van der Waals surface area contributed by atoms with Crippen LogP contribution in [0.1, 0.15) is 11.4 Å². The molecule has 2 heterocycles. The number of urea groups is 1. The minimum absolute atomic E-state index is 0.0937. The molecule has 3 aliphatic rings. The average Bonchev–Trinajstić information content (AvgIpc) is 3.28. The predicted molar refractivity (Wildman–Crippen MR) is 86.1 cm³/mol. The number of hydrogen-bond donors (Lipinski definition) is 2. The fraction of sp³-hybridized carbons (Fsp3) is 0.533. The minimum Gasteiger partial charge on any atom is -0.336 e. The fourth-order valence-corrected chi connectivity index (χ4v) is 4.54. The van der Waals surface area contributed by atoms with E-state index in [2.05, 4.69) is 33.0 Å². The van der Waals surface area contributed by atoms with Crippen molar-refractivity contribution in [1.82, 2.24) is 20.4 Å². The van der Waals surface area contributed by atoms with Gasteiger partial charge in [-0.05, 0) is 25.2 Å². The van der Waals surface area contributed by atoms with E-state index in [-0.39, 0.29) is 48.6 Å². The molecule has 1 saturated heterocycles. The number of nitrogens with zero attached hydrogens (tertiary/aromatic N) is 3. The van der Waals surface area contributed by atoms with Crippen molar-refractivity contribution >= 4 is 34.3 Å². The summed E-state index contributed by atoms with van der Waals surface area (Å²) in [5.41, 5.74) is 0. The summed E-state index contributed by atoms with van der Waals surface area (Å²) in [6, 6.07) is -0.424. The van der Waals surface area contributed by atoms with Gasteiger partial charge in [-0.15, -0.1) is 10.2 Å². The Hall–Kier alpha value is -2.29. The molecule has 4 amide bonds. The van der Waals surface area contributed by atoms with E-state index in [0.717, 1.165) is 11.4 Å². The molecule has 0 aromatic carbocycles. The van der Waals surface area contributed by atoms with E-state index < -0.39 is 6.03 Å². The Morgan fingerprint density at radius 1 is 1.25 bits per heavy atom. The smallest absolute Gasteiger partial charge is 0.321 e. The van der Waals surface area contributed by atoms with Crippen LogP contribution < -0.4 is 10.6 Å². The van der Waals surface area contributed by atoms with Gasteiger partial charge in [0.2, 0.25) is 16.9 Å². The first-order valence-electron chi connectivity index (χ1n) is 7.93. The Kier molecular flexibility index (Phi) is 3.60. The van der Waals surface area contributed by atoms with Gasteiger partial charge in [-0.25, -0.2) is 4.79 Å². The largest absolute Gasteiger partial charge is 0.336 e. The van der Waals surface area contributed by atoms with Crippen molar-refractivity contribution in [3.63, 3.8) is 0 Å². The number of carbonyl (C=O) groups is 3. The topological polar surface area (TPSA) is 104 Å². The first kappa shape index (κ1) is 15.3. The van der Waals surface area contributed by atoms with Gasteiger partial charge in [0.05, 0.1) is 11.8 Å². The summed E-state index contributed by atoms with van der Waals surface area (Å²) in [7, 11) is 0. The van der Waals surface area contributed by atoms with Crippen LogP contribution in [0, 0.1) is 30.6 Å². The second kappa shape index (κ2) is 5.66. The van der Waals surface area contributed by atoms with Gasteiger partial charge in [0.1, 0.15) is 5.01 Å². The number of amides is 4. The maximum absolute atomic E-state index is 12.5. The summed E-state index contributed by atoms with van der Waals surface area (Å²) >= 11 is 1.27. The molecule has 126 valence electrons. The van der Waals surface area contributed by atoms with Crippen molar-refractivity contribution < 1.29 is 14.4 Å². The summed E-state index contributed by atoms with van der Waals surface area (Å²) in [4.78, 5) is 38.1. The third-order valence-corrected chi connectivity index (χ3v) is 5.68. The highest BCUT2D eigenvalue weighted by atomic mass is 32.1. The summed E-state index contributed by atoms with van der Waals surface area (Å²) in [5, 5.41) is 14.0. The van der Waals surface area contributed by atoms with E-state index in [1.807, 2.05) is 0 Å². The highest BCUT2D eigenvalue weighted by Gasteiger charge is 2.58. The molecule has 1 aromatic heterocycles. The Morgan fingerprint density at radius 2 is 1.92 bits per heavy atom. The number of anilines is 1. The van der Waals surface area contributed by atoms with Crippen LogP contribution >= 0.6 is 11.3 Å². The van der Waals surface area contributed by atoms with Crippen LogP contribution in [0.4, 0.5) is 9.93 Å². The van der Waals surface area contributed by atoms with Crippen molar-refractivity contribution in [2.45, 2.75) is 13.3 Å². The average molecular weight is 347 g/mol. The SMILES string of the molecule is Cc1nnc(NC(=O)NCCN2C(=O)C3C4C=CC(C4)C3C2=O)s1. The lowest BCUT2D eigenvalue weighted by Gasteiger charge is -2.17. The van der Waals surface area contributed by atoms with Crippen LogP contribution in [0.5, 0.6) is 0 Å². The van der Waals surface area contributed by atoms with Crippen molar-refractivity contribution in [3.05, 3.63) is 17.2 Å². The van der Waals surface area contributed by atoms with Crippen molar-refractivity contribution in [2.24, 2.45) is 23.7 Å². The number of likely N-dealkylation sites (tertiary alicyclic amines) is 1. The van der Waals surface area contributed by atoms with Crippen LogP contribution in [0.15, 0.2) is 12.2 Å². The number of nitrogens with one attached hydrogen (secondary N) is 2. The quantitative estimate of drug-likeness (QED) is 0.618. The molecule has 9 heteroatoms. The second-order valence-electron chi connectivity index (χ2n) is 6.34. The molecule has 0 spiro atoms. The first-order valence-corrected chi connectivity index (χ1v) is 8.75. The van der Waals surface area contributed by atoms with Crippen LogP contribution in [-0.2, 0) is 9.59 Å². The lowest BCUT2D eigenvalue weighted by atomic mass is 9.85. The highest BCUT2D eigenvalue weighted by molar-refractivity contribution is 7.15. The molecule has 2 fully saturated rings. The van der Waals surface area contributed by atoms with E-state index >= 15 is 0 Å². The molecule has 2 N–H and O–H groups in total. The van der Waals surface area contributed by atoms with Crippen LogP contribution in [-0.4, -0.2) is 46.0 Å². The van der Waals surface area contributed by atoms with Crippen LogP contribution in [0.2, 0.25) is 0 Å². The van der Waals surface area contributed by atoms with Crippen molar-refractivity contribution in [1.29, 1.82) is 0 Å². The molecule has 4 atom stereocenters. The Morgan fingerprint density at radius 3 is 2.50 bits per heavy atom. The number of hydrogen-bond acceptors (Lipinski definition) is 6. The zero-order chi connectivity index (χ0) is 16.8. The normalized spacial score (nSPS) is 30.1.